The summed E-state index contributed by atoms with van der Waals surface area (Å²) in [5.74, 6) is 0.0859. The lowest BCUT2D eigenvalue weighted by molar-refractivity contribution is -0.135. The Labute approximate surface area is 195 Å². The summed E-state index contributed by atoms with van der Waals surface area (Å²) >= 11 is 0. The highest BCUT2D eigenvalue weighted by Gasteiger charge is 2.63. The predicted octanol–water partition coefficient (Wildman–Crippen LogP) is 5.42. The van der Waals surface area contributed by atoms with Crippen molar-refractivity contribution in [2.24, 2.45) is 0 Å². The minimum absolute atomic E-state index is 0.0859. The van der Waals surface area contributed by atoms with Crippen molar-refractivity contribution in [2.75, 3.05) is 12.5 Å². The number of carbonyl (C=O) groups excluding carboxylic acids is 1. The van der Waals surface area contributed by atoms with E-state index < -0.39 is 5.41 Å². The molecule has 0 aliphatic carbocycles. The number of nitrogens with one attached hydrogen (secondary N) is 2. The molecular weight excluding hydrogens is 406 g/mol. The molecule has 5 rings (SSSR count). The van der Waals surface area contributed by atoms with E-state index in [9.17, 15) is 4.79 Å². The molecule has 4 nitrogen and oxygen atoms in total. The second-order valence-electron chi connectivity index (χ2n) is 8.60. The van der Waals surface area contributed by atoms with Gasteiger partial charge in [0.15, 0.2) is 5.69 Å². The second kappa shape index (κ2) is 8.66. The lowest BCUT2D eigenvalue weighted by Crippen LogP contribution is -2.67. The van der Waals surface area contributed by atoms with Gasteiger partial charge in [-0.15, -0.1) is 5.43 Å². The molecular formula is C29H28N3O+. The summed E-state index contributed by atoms with van der Waals surface area (Å²) in [6.07, 6.45) is 1.24. The van der Waals surface area contributed by atoms with E-state index in [1.54, 1.807) is 0 Å². The maximum absolute atomic E-state index is 14.7. The Morgan fingerprint density at radius 1 is 0.667 bits per heavy atom. The van der Waals surface area contributed by atoms with Crippen molar-refractivity contribution >= 4 is 17.3 Å². The molecule has 0 saturated carbocycles. The molecule has 1 aliphatic heterocycles. The van der Waals surface area contributed by atoms with Crippen LogP contribution in [0.15, 0.2) is 115 Å². The van der Waals surface area contributed by atoms with Crippen LogP contribution in [0.4, 0.5) is 11.4 Å². The third-order valence-electron chi connectivity index (χ3n) is 6.60. The number of anilines is 1. The standard InChI is InChI=1S/C29H28N3O/c1-30-32(31-25-17-9-4-10-18-25)27-20-12-11-19-26(27)29(28(32)33,21-23-13-5-2-6-14-23)22-24-15-7-3-8-16-24/h2-20,30-31H,21-22H2,1H3/q+1. The molecule has 0 radical (unpaired) electrons. The van der Waals surface area contributed by atoms with Gasteiger partial charge in [-0.3, -0.25) is 0 Å². The molecule has 1 atom stereocenters. The Kier molecular flexibility index (Phi) is 5.55. The van der Waals surface area contributed by atoms with Gasteiger partial charge in [-0.25, -0.2) is 10.2 Å². The number of hydrogen-bond acceptors (Lipinski definition) is 3. The lowest BCUT2D eigenvalue weighted by Gasteiger charge is -2.33. The highest BCUT2D eigenvalue weighted by atomic mass is 16.2. The quantitative estimate of drug-likeness (QED) is 0.382. The minimum atomic E-state index is -0.732. The Morgan fingerprint density at radius 3 is 1.70 bits per heavy atom. The van der Waals surface area contributed by atoms with Gasteiger partial charge in [0.2, 0.25) is 0 Å². The van der Waals surface area contributed by atoms with Crippen molar-refractivity contribution in [3.05, 3.63) is 132 Å². The topological polar surface area (TPSA) is 41.1 Å². The van der Waals surface area contributed by atoms with Crippen LogP contribution in [0.5, 0.6) is 0 Å². The molecule has 1 aliphatic rings. The van der Waals surface area contributed by atoms with Gasteiger partial charge in [0.25, 0.3) is 0 Å². The molecule has 1 unspecified atom stereocenters. The van der Waals surface area contributed by atoms with E-state index in [0.717, 1.165) is 28.1 Å². The van der Waals surface area contributed by atoms with E-state index in [4.69, 9.17) is 0 Å². The summed E-state index contributed by atoms with van der Waals surface area (Å²) in [6.45, 7) is 0. The van der Waals surface area contributed by atoms with E-state index in [0.29, 0.717) is 12.8 Å². The van der Waals surface area contributed by atoms with Crippen molar-refractivity contribution in [3.8, 4) is 0 Å². The first-order valence-corrected chi connectivity index (χ1v) is 11.3. The third-order valence-corrected chi connectivity index (χ3v) is 6.60. The summed E-state index contributed by atoms with van der Waals surface area (Å²) in [5, 5.41) is 0. The smallest absolute Gasteiger partial charge is 0.224 e. The molecule has 1 heterocycles. The average Bonchev–Trinajstić information content (AvgIpc) is 3.06. The Hall–Kier alpha value is -3.73. The summed E-state index contributed by atoms with van der Waals surface area (Å²) in [5.41, 5.74) is 11.3. The van der Waals surface area contributed by atoms with Crippen molar-refractivity contribution in [3.63, 3.8) is 0 Å². The molecule has 4 aromatic carbocycles. The van der Waals surface area contributed by atoms with Crippen LogP contribution < -0.4 is 15.6 Å². The number of hydrogen-bond donors (Lipinski definition) is 2. The number of nitrogens with zero attached hydrogens (tertiary/aromatic N) is 1. The first kappa shape index (κ1) is 21.1. The number of fused-ring (bicyclic) bond motifs is 1. The SMILES string of the molecule is CN[N+]1(Nc2ccccc2)C(=O)C(Cc2ccccc2)(Cc2ccccc2)c2ccccc21. The van der Waals surface area contributed by atoms with Crippen molar-refractivity contribution in [1.82, 2.24) is 10.1 Å². The zero-order valence-corrected chi connectivity index (χ0v) is 18.7. The van der Waals surface area contributed by atoms with Gasteiger partial charge in [-0.1, -0.05) is 102 Å². The molecule has 0 aromatic heterocycles. The molecule has 33 heavy (non-hydrogen) atoms. The molecule has 164 valence electrons. The van der Waals surface area contributed by atoms with Gasteiger partial charge in [-0.2, -0.15) is 0 Å². The molecule has 0 fully saturated rings. The number of rotatable bonds is 7. The van der Waals surface area contributed by atoms with Crippen LogP contribution in [0.25, 0.3) is 0 Å². The van der Waals surface area contributed by atoms with Crippen LogP contribution in [-0.4, -0.2) is 13.0 Å². The fourth-order valence-corrected chi connectivity index (χ4v) is 5.10. The van der Waals surface area contributed by atoms with Crippen molar-refractivity contribution in [1.29, 1.82) is 0 Å². The summed E-state index contributed by atoms with van der Waals surface area (Å²) in [6, 6.07) is 38.7. The van der Waals surface area contributed by atoms with Crippen molar-refractivity contribution in [2.45, 2.75) is 18.3 Å². The first-order chi connectivity index (χ1) is 16.2. The van der Waals surface area contributed by atoms with E-state index in [1.165, 1.54) is 0 Å². The number of quaternary nitrogens is 1. The Balaban J connectivity index is 1.70. The number of carbonyl (C=O) groups is 1. The van der Waals surface area contributed by atoms with Gasteiger partial charge >= 0.3 is 5.91 Å². The van der Waals surface area contributed by atoms with Crippen molar-refractivity contribution < 1.29 is 4.79 Å². The van der Waals surface area contributed by atoms with Crippen LogP contribution in [0.1, 0.15) is 16.7 Å². The maximum Gasteiger partial charge on any atom is 0.374 e. The number of benzene rings is 4. The average molecular weight is 435 g/mol. The summed E-state index contributed by atoms with van der Waals surface area (Å²) in [7, 11) is 1.84. The Bertz CT molecular complexity index is 1200. The molecule has 0 saturated heterocycles. The number of para-hydroxylation sites is 2. The molecule has 4 aromatic rings. The van der Waals surface area contributed by atoms with Crippen LogP contribution in [0.2, 0.25) is 0 Å². The first-order valence-electron chi connectivity index (χ1n) is 11.3. The largest absolute Gasteiger partial charge is 0.374 e. The fourth-order valence-electron chi connectivity index (χ4n) is 5.10. The van der Waals surface area contributed by atoms with Crippen LogP contribution in [0, 0.1) is 0 Å². The number of amides is 1. The van der Waals surface area contributed by atoms with E-state index in [1.807, 2.05) is 85.9 Å². The van der Waals surface area contributed by atoms with Gasteiger partial charge in [0.05, 0.1) is 5.69 Å². The minimum Gasteiger partial charge on any atom is -0.224 e. The van der Waals surface area contributed by atoms with Gasteiger partial charge < -0.3 is 0 Å². The second-order valence-corrected chi connectivity index (χ2v) is 8.60. The summed E-state index contributed by atoms with van der Waals surface area (Å²) < 4.78 is -0.139. The van der Waals surface area contributed by atoms with Gasteiger partial charge in [0.1, 0.15) is 5.41 Å². The zero-order valence-electron chi connectivity index (χ0n) is 18.7. The van der Waals surface area contributed by atoms with Crippen LogP contribution in [0.3, 0.4) is 0 Å². The monoisotopic (exact) mass is 434 g/mol. The predicted molar refractivity (Wildman–Crippen MR) is 134 cm³/mol. The molecule has 1 amide bonds. The van der Waals surface area contributed by atoms with Crippen LogP contribution in [-0.2, 0) is 23.1 Å². The maximum atomic E-state index is 14.7. The molecule has 0 spiro atoms. The summed E-state index contributed by atoms with van der Waals surface area (Å²) in [4.78, 5) is 14.7. The third kappa shape index (κ3) is 3.63. The highest BCUT2D eigenvalue weighted by Crippen LogP contribution is 2.49. The zero-order chi connectivity index (χ0) is 22.7. The molecule has 0 bridgehead atoms. The van der Waals surface area contributed by atoms with Gasteiger partial charge in [0, 0.05) is 18.7 Å². The van der Waals surface area contributed by atoms with E-state index in [2.05, 4.69) is 47.2 Å². The van der Waals surface area contributed by atoms with Gasteiger partial charge in [-0.05, 0) is 36.1 Å². The molecule has 2 N–H and O–H groups in total. The normalized spacial score (nSPS) is 18.6. The Morgan fingerprint density at radius 2 is 1.15 bits per heavy atom. The van der Waals surface area contributed by atoms with E-state index in [-0.39, 0.29) is 10.6 Å². The highest BCUT2D eigenvalue weighted by molar-refractivity contribution is 6.05. The fraction of sp³-hybridized carbons (Fsp3) is 0.138. The van der Waals surface area contributed by atoms with E-state index >= 15 is 0 Å². The molecule has 4 heteroatoms. The lowest BCUT2D eigenvalue weighted by atomic mass is 9.72. The van der Waals surface area contributed by atoms with Crippen LogP contribution >= 0.6 is 0 Å².